The van der Waals surface area contributed by atoms with E-state index in [4.69, 9.17) is 9.47 Å². The van der Waals surface area contributed by atoms with Crippen LogP contribution >= 0.6 is 0 Å². The predicted octanol–water partition coefficient (Wildman–Crippen LogP) is 2.45. The van der Waals surface area contributed by atoms with E-state index in [1.54, 1.807) is 0 Å². The summed E-state index contributed by atoms with van der Waals surface area (Å²) in [5.74, 6) is -0.557. The van der Waals surface area contributed by atoms with Gasteiger partial charge in [0.1, 0.15) is 5.75 Å². The zero-order chi connectivity index (χ0) is 20.0. The van der Waals surface area contributed by atoms with Crippen molar-refractivity contribution in [3.63, 3.8) is 0 Å². The van der Waals surface area contributed by atoms with Gasteiger partial charge in [0, 0.05) is 0 Å². The minimum atomic E-state index is -0.703. The van der Waals surface area contributed by atoms with Crippen molar-refractivity contribution < 1.29 is 24.3 Å². The minimum Gasteiger partial charge on any atom is -0.504 e. The predicted molar refractivity (Wildman–Crippen MR) is 98.5 cm³/mol. The number of para-hydroxylation sites is 1. The zero-order valence-electron chi connectivity index (χ0n) is 15.1. The molecule has 2 rings (SSSR count). The maximum Gasteiger partial charge on any atom is 0.323 e. The molecule has 0 fully saturated rings. The van der Waals surface area contributed by atoms with Crippen molar-refractivity contribution in [1.82, 2.24) is 5.43 Å². The second-order valence-electron chi connectivity index (χ2n) is 5.62. The molecule has 1 amide bonds. The van der Waals surface area contributed by atoms with E-state index in [1.807, 2.05) is 32.0 Å². The summed E-state index contributed by atoms with van der Waals surface area (Å²) < 4.78 is 10.4. The van der Waals surface area contributed by atoms with Crippen LogP contribution in [-0.4, -0.2) is 35.9 Å². The first kappa shape index (κ1) is 19.7. The number of benzene rings is 2. The van der Waals surface area contributed by atoms with Crippen LogP contribution in [0, 0.1) is 24.0 Å². The normalized spacial score (nSPS) is 10.6. The lowest BCUT2D eigenvalue weighted by Crippen LogP contribution is -2.25. The molecule has 0 saturated heterocycles. The second kappa shape index (κ2) is 8.65. The number of rotatable bonds is 7. The number of nitrogens with one attached hydrogen (secondary N) is 1. The molecule has 0 aromatic heterocycles. The summed E-state index contributed by atoms with van der Waals surface area (Å²) in [6.45, 7) is 3.48. The molecule has 0 aliphatic rings. The molecule has 2 aromatic carbocycles. The number of amides is 1. The molecule has 142 valence electrons. The van der Waals surface area contributed by atoms with E-state index in [9.17, 15) is 20.0 Å². The number of carbonyl (C=O) groups excluding carboxylic acids is 1. The number of nitro benzene ring substituents is 1. The van der Waals surface area contributed by atoms with Gasteiger partial charge in [-0.1, -0.05) is 18.2 Å². The highest BCUT2D eigenvalue weighted by Crippen LogP contribution is 2.37. The van der Waals surface area contributed by atoms with Crippen LogP contribution in [0.3, 0.4) is 0 Å². The second-order valence-corrected chi connectivity index (χ2v) is 5.62. The number of hydrazone groups is 1. The first-order valence-corrected chi connectivity index (χ1v) is 7.90. The van der Waals surface area contributed by atoms with E-state index in [2.05, 4.69) is 10.5 Å². The summed E-state index contributed by atoms with van der Waals surface area (Å²) >= 11 is 0. The lowest BCUT2D eigenvalue weighted by Gasteiger charge is -2.10. The Hall–Kier alpha value is -3.62. The fourth-order valence-corrected chi connectivity index (χ4v) is 2.44. The number of carbonyl (C=O) groups is 1. The van der Waals surface area contributed by atoms with Gasteiger partial charge < -0.3 is 14.6 Å². The Morgan fingerprint density at radius 3 is 2.52 bits per heavy atom. The number of aryl methyl sites for hydroxylation is 2. The lowest BCUT2D eigenvalue weighted by molar-refractivity contribution is -0.386. The van der Waals surface area contributed by atoms with Crippen molar-refractivity contribution in [2.24, 2.45) is 5.10 Å². The topological polar surface area (TPSA) is 123 Å². The summed E-state index contributed by atoms with van der Waals surface area (Å²) in [6.07, 6.45) is 1.09. The van der Waals surface area contributed by atoms with E-state index >= 15 is 0 Å². The van der Waals surface area contributed by atoms with Crippen LogP contribution in [0.5, 0.6) is 17.2 Å². The van der Waals surface area contributed by atoms with Crippen LogP contribution in [0.1, 0.15) is 16.7 Å². The van der Waals surface area contributed by atoms with Crippen molar-refractivity contribution in [2.75, 3.05) is 13.7 Å². The van der Waals surface area contributed by atoms with E-state index < -0.39 is 16.5 Å². The van der Waals surface area contributed by atoms with E-state index in [0.717, 1.165) is 17.3 Å². The molecule has 2 N–H and O–H groups in total. The van der Waals surface area contributed by atoms with Gasteiger partial charge in [-0.15, -0.1) is 0 Å². The summed E-state index contributed by atoms with van der Waals surface area (Å²) in [5.41, 5.74) is 3.64. The molecule has 9 heteroatoms. The van der Waals surface area contributed by atoms with Crippen molar-refractivity contribution in [1.29, 1.82) is 0 Å². The molecule has 0 aliphatic heterocycles. The third-order valence-corrected chi connectivity index (χ3v) is 3.68. The molecule has 27 heavy (non-hydrogen) atoms. The van der Waals surface area contributed by atoms with Gasteiger partial charge in [-0.05, 0) is 37.1 Å². The van der Waals surface area contributed by atoms with Gasteiger partial charge in [0.05, 0.1) is 23.8 Å². The highest BCUT2D eigenvalue weighted by molar-refractivity contribution is 5.89. The summed E-state index contributed by atoms with van der Waals surface area (Å²) in [6, 6.07) is 8.16. The molecule has 0 saturated carbocycles. The largest absolute Gasteiger partial charge is 0.504 e. The fraction of sp³-hybridized carbons (Fsp3) is 0.222. The summed E-state index contributed by atoms with van der Waals surface area (Å²) in [4.78, 5) is 22.4. The monoisotopic (exact) mass is 373 g/mol. The lowest BCUT2D eigenvalue weighted by atomic mass is 10.1. The Morgan fingerprint density at radius 2 is 1.93 bits per heavy atom. The molecule has 0 spiro atoms. The molecule has 0 unspecified atom stereocenters. The van der Waals surface area contributed by atoms with E-state index in [-0.39, 0.29) is 23.7 Å². The Morgan fingerprint density at radius 1 is 1.26 bits per heavy atom. The molecular formula is C18H19N3O6. The zero-order valence-corrected chi connectivity index (χ0v) is 15.1. The van der Waals surface area contributed by atoms with Gasteiger partial charge in [-0.2, -0.15) is 5.10 Å². The quantitative estimate of drug-likeness (QED) is 0.436. The van der Waals surface area contributed by atoms with Crippen LogP contribution in [0.4, 0.5) is 5.69 Å². The third-order valence-electron chi connectivity index (χ3n) is 3.68. The number of phenolic OH excluding ortho intramolecular Hbond substituents is 1. The van der Waals surface area contributed by atoms with E-state index in [1.165, 1.54) is 19.2 Å². The molecule has 9 nitrogen and oxygen atoms in total. The number of nitro groups is 1. The Labute approximate surface area is 155 Å². The highest BCUT2D eigenvalue weighted by Gasteiger charge is 2.23. The van der Waals surface area contributed by atoms with Gasteiger partial charge in [-0.25, -0.2) is 5.43 Å². The smallest absolute Gasteiger partial charge is 0.323 e. The Balaban J connectivity index is 2.05. The van der Waals surface area contributed by atoms with Crippen LogP contribution in [-0.2, 0) is 4.79 Å². The van der Waals surface area contributed by atoms with Gasteiger partial charge >= 0.3 is 5.69 Å². The average molecular weight is 373 g/mol. The minimum absolute atomic E-state index is 0.0608. The number of hydrogen-bond donors (Lipinski definition) is 2. The number of nitrogens with zero attached hydrogens (tertiary/aromatic N) is 2. The molecule has 0 aliphatic carbocycles. The molecule has 0 heterocycles. The van der Waals surface area contributed by atoms with Crippen LogP contribution < -0.4 is 14.9 Å². The molecule has 2 aromatic rings. The average Bonchev–Trinajstić information content (AvgIpc) is 2.61. The Kier molecular flexibility index (Phi) is 6.32. The summed E-state index contributed by atoms with van der Waals surface area (Å²) in [7, 11) is 1.20. The van der Waals surface area contributed by atoms with Crippen molar-refractivity contribution >= 4 is 17.8 Å². The number of phenols is 1. The Bertz CT molecular complexity index is 875. The van der Waals surface area contributed by atoms with Gasteiger partial charge in [0.15, 0.2) is 12.4 Å². The number of methoxy groups -OCH3 is 1. The van der Waals surface area contributed by atoms with Crippen LogP contribution in [0.15, 0.2) is 35.4 Å². The number of aromatic hydroxyl groups is 1. The maximum atomic E-state index is 11.9. The molecule has 0 bridgehead atoms. The van der Waals surface area contributed by atoms with Crippen molar-refractivity contribution in [3.05, 3.63) is 57.1 Å². The van der Waals surface area contributed by atoms with E-state index in [0.29, 0.717) is 5.75 Å². The molecule has 0 atom stereocenters. The first-order chi connectivity index (χ1) is 12.8. The molecular weight excluding hydrogens is 354 g/mol. The SMILES string of the molecule is COc1c(O)ccc(C=NNC(=O)COc2c(C)cccc2C)c1[N+](=O)[O-]. The van der Waals surface area contributed by atoms with Gasteiger partial charge in [-0.3, -0.25) is 14.9 Å². The first-order valence-electron chi connectivity index (χ1n) is 7.90. The van der Waals surface area contributed by atoms with Gasteiger partial charge in [0.2, 0.25) is 5.75 Å². The van der Waals surface area contributed by atoms with Crippen LogP contribution in [0.25, 0.3) is 0 Å². The maximum absolute atomic E-state index is 11.9. The number of ether oxygens (including phenoxy) is 2. The summed E-state index contributed by atoms with van der Waals surface area (Å²) in [5, 5.41) is 24.6. The van der Waals surface area contributed by atoms with Crippen LogP contribution in [0.2, 0.25) is 0 Å². The third kappa shape index (κ3) is 4.72. The van der Waals surface area contributed by atoms with Crippen molar-refractivity contribution in [2.45, 2.75) is 13.8 Å². The fourth-order valence-electron chi connectivity index (χ4n) is 2.44. The number of hydrogen-bond acceptors (Lipinski definition) is 7. The highest BCUT2D eigenvalue weighted by atomic mass is 16.6. The van der Waals surface area contributed by atoms with Crippen molar-refractivity contribution in [3.8, 4) is 17.2 Å². The molecule has 0 radical (unpaired) electrons. The standard InChI is InChI=1S/C18H19N3O6/c1-11-5-4-6-12(2)17(11)27-10-15(23)20-19-9-13-7-8-14(22)18(26-3)16(13)21(24)25/h4-9,22H,10H2,1-3H3,(H,20,23). The van der Waals surface area contributed by atoms with Gasteiger partial charge in [0.25, 0.3) is 5.91 Å².